The summed E-state index contributed by atoms with van der Waals surface area (Å²) in [5.41, 5.74) is 4.38. The zero-order valence-electron chi connectivity index (χ0n) is 49.8. The fourth-order valence-corrected chi connectivity index (χ4v) is 10.3. The number of esters is 2. The Hall–Kier alpha value is -4.24. The van der Waals surface area contributed by atoms with Gasteiger partial charge in [0.05, 0.1) is 83.3 Å². The Balaban J connectivity index is 0.000000332. The molecule has 3 saturated heterocycles. The summed E-state index contributed by atoms with van der Waals surface area (Å²) < 4.78 is 46.2. The number of para-hydroxylation sites is 4. The van der Waals surface area contributed by atoms with Crippen molar-refractivity contribution >= 4 is 63.1 Å². The van der Waals surface area contributed by atoms with Gasteiger partial charge in [-0.15, -0.1) is 0 Å². The molecule has 2 N–H and O–H groups in total. The van der Waals surface area contributed by atoms with Crippen LogP contribution < -0.4 is 0 Å². The minimum Gasteiger partial charge on any atom is -0.469 e. The number of aliphatic hydroxyl groups excluding tert-OH is 2. The van der Waals surface area contributed by atoms with Gasteiger partial charge in [-0.25, -0.2) is 19.9 Å². The van der Waals surface area contributed by atoms with Gasteiger partial charge in [-0.05, 0) is 140 Å². The molecule has 7 rings (SSSR count). The molecular weight excluding hydrogens is 1110 g/mol. The van der Waals surface area contributed by atoms with Gasteiger partial charge in [0.25, 0.3) is 0 Å². The summed E-state index contributed by atoms with van der Waals surface area (Å²) in [5.74, 6) is 0.0820. The Labute approximate surface area is 499 Å². The van der Waals surface area contributed by atoms with Gasteiger partial charge < -0.3 is 47.9 Å². The molecule has 6 atom stereocenters. The largest absolute Gasteiger partial charge is 0.486 e. The SMILES string of the molecule is C.C.CCCCCCC[C@@H](O)c1nc2ccccc2nc1/C=C/[C@H]1OC(C)(C)O[C@H]1CCCC(=O)OC.CCCCCCC[C@@H](O)c1nc2ccccc2nc1Br.COC(=O)CCC[C@@H]1OC(C)(C)O[C@@H]1/C=C/B1OC(C)(C)C(C)(C)O1. The van der Waals surface area contributed by atoms with Crippen LogP contribution in [-0.4, -0.2) is 111 Å². The minimum atomic E-state index is -0.721. The van der Waals surface area contributed by atoms with E-state index in [9.17, 15) is 19.8 Å². The van der Waals surface area contributed by atoms with Crippen molar-refractivity contribution in [3.8, 4) is 0 Å². The number of hydrogen-bond acceptors (Lipinski definition) is 16. The predicted molar refractivity (Wildman–Crippen MR) is 331 cm³/mol. The highest BCUT2D eigenvalue weighted by Crippen LogP contribution is 2.38. The van der Waals surface area contributed by atoms with Crippen molar-refractivity contribution < 1.29 is 57.5 Å². The van der Waals surface area contributed by atoms with E-state index in [2.05, 4.69) is 44.5 Å². The number of aromatic nitrogens is 4. The monoisotopic (exact) mass is 1210 g/mol. The number of hydrogen-bond donors (Lipinski definition) is 2. The van der Waals surface area contributed by atoms with Crippen LogP contribution in [0.1, 0.15) is 229 Å². The van der Waals surface area contributed by atoms with E-state index in [1.165, 1.54) is 59.2 Å². The van der Waals surface area contributed by atoms with E-state index in [0.717, 1.165) is 54.2 Å². The zero-order chi connectivity index (χ0) is 58.5. The third-order valence-corrected chi connectivity index (χ3v) is 15.4. The van der Waals surface area contributed by atoms with Gasteiger partial charge in [0, 0.05) is 12.8 Å². The maximum Gasteiger partial charge on any atom is 0.486 e. The van der Waals surface area contributed by atoms with E-state index in [1.54, 1.807) is 0 Å². The Bertz CT molecular complexity index is 2600. The third kappa shape index (κ3) is 22.6. The van der Waals surface area contributed by atoms with Gasteiger partial charge in [0.1, 0.15) is 22.5 Å². The molecule has 3 aliphatic rings. The summed E-state index contributed by atoms with van der Waals surface area (Å²) in [4.78, 5) is 41.3. The quantitative estimate of drug-likeness (QED) is 0.0341. The highest BCUT2D eigenvalue weighted by Gasteiger charge is 2.50. The molecule has 4 aromatic rings. The summed E-state index contributed by atoms with van der Waals surface area (Å²) in [6.45, 7) is 20.0. The van der Waals surface area contributed by atoms with Crippen molar-refractivity contribution in [3.05, 3.63) is 88.3 Å². The molecule has 0 saturated carbocycles. The number of halogens is 1. The molecule has 0 amide bonds. The summed E-state index contributed by atoms with van der Waals surface area (Å²) in [5, 5.41) is 21.3. The Morgan fingerprint density at radius 1 is 0.585 bits per heavy atom. The first-order valence-electron chi connectivity index (χ1n) is 29.1. The number of aliphatic hydroxyl groups is 2. The second-order valence-corrected chi connectivity index (χ2v) is 23.6. The average Bonchev–Trinajstić information content (AvgIpc) is 3.97. The second kappa shape index (κ2) is 34.7. The molecule has 16 nitrogen and oxygen atoms in total. The number of carbonyl (C=O) groups is 2. The first-order valence-corrected chi connectivity index (χ1v) is 29.9. The Morgan fingerprint density at radius 2 is 0.988 bits per heavy atom. The molecule has 2 aromatic carbocycles. The van der Waals surface area contributed by atoms with Crippen molar-refractivity contribution in [1.82, 2.24) is 19.9 Å². The maximum atomic E-state index is 11.5. The van der Waals surface area contributed by atoms with Crippen molar-refractivity contribution in [2.24, 2.45) is 0 Å². The van der Waals surface area contributed by atoms with Crippen LogP contribution in [0.15, 0.2) is 71.3 Å². The first kappa shape index (κ1) is 72.0. The van der Waals surface area contributed by atoms with Gasteiger partial charge in [-0.1, -0.05) is 135 Å². The van der Waals surface area contributed by atoms with Crippen LogP contribution in [0.2, 0.25) is 0 Å². The second-order valence-electron chi connectivity index (χ2n) is 22.9. The van der Waals surface area contributed by atoms with Crippen LogP contribution in [0.3, 0.4) is 0 Å². The lowest BCUT2D eigenvalue weighted by atomic mass is 9.88. The van der Waals surface area contributed by atoms with Crippen molar-refractivity contribution in [1.29, 1.82) is 0 Å². The van der Waals surface area contributed by atoms with Crippen LogP contribution in [0.25, 0.3) is 28.1 Å². The van der Waals surface area contributed by atoms with Crippen molar-refractivity contribution in [2.45, 2.75) is 259 Å². The summed E-state index contributed by atoms with van der Waals surface area (Å²) in [6, 6.07) is 15.4. The average molecular weight is 1210 g/mol. The molecule has 3 fully saturated rings. The number of benzene rings is 2. The topological polar surface area (TPSA) is 200 Å². The van der Waals surface area contributed by atoms with Crippen LogP contribution in [0.4, 0.5) is 0 Å². The van der Waals surface area contributed by atoms with Crippen LogP contribution in [0, 0.1) is 0 Å². The van der Waals surface area contributed by atoms with Crippen LogP contribution in [-0.2, 0) is 47.3 Å². The number of fused-ring (bicyclic) bond motifs is 2. The highest BCUT2D eigenvalue weighted by molar-refractivity contribution is 9.10. The van der Waals surface area contributed by atoms with Gasteiger partial charge in [0.15, 0.2) is 11.6 Å². The molecule has 0 unspecified atom stereocenters. The lowest BCUT2D eigenvalue weighted by Gasteiger charge is -2.32. The molecule has 0 aliphatic carbocycles. The van der Waals surface area contributed by atoms with E-state index in [1.807, 2.05) is 128 Å². The Kier molecular flexibility index (Phi) is 30.4. The molecule has 458 valence electrons. The van der Waals surface area contributed by atoms with E-state index in [0.29, 0.717) is 60.2 Å². The lowest BCUT2D eigenvalue weighted by molar-refractivity contribution is -0.145. The Morgan fingerprint density at radius 3 is 1.44 bits per heavy atom. The standard InChI is InChI=1S/C28H40N2O5.C18H31BO6.C16H21BrN2O.2CH4/c1-5-6-7-8-9-15-23(31)27-22(29-20-13-10-11-14-21(20)30-27)18-19-25-24(34-28(2,3)35-25)16-12-17-26(32)33-4;1-16(2)17(3,4)25-19(24-16)12-11-14-13(22-18(5,6)23-14)9-8-10-15(20)21-7;1-2-3-4-5-6-11-14(20)15-16(17)19-13-10-8-7-9-12(13)18-15;;/h10-11,13-14,18-19,23-25,31H,5-9,12,15-17H2,1-4H3;11-14H,8-10H2,1-7H3;7-10,14,20H,2-6,11H2,1H3;2*1H4/b19-18+;12-11+;;;/t23-,24+,25-;13-,14+;14-;;/m101../s1. The number of ether oxygens (including phenoxy) is 6. The van der Waals surface area contributed by atoms with E-state index < -0.39 is 30.9 Å². The molecule has 3 aliphatic heterocycles. The summed E-state index contributed by atoms with van der Waals surface area (Å²) >= 11 is 3.42. The molecule has 18 heteroatoms. The number of nitrogens with zero attached hydrogens (tertiary/aromatic N) is 4. The summed E-state index contributed by atoms with van der Waals surface area (Å²) in [7, 11) is 2.39. The van der Waals surface area contributed by atoms with E-state index >= 15 is 0 Å². The van der Waals surface area contributed by atoms with Crippen molar-refractivity contribution in [2.75, 3.05) is 14.2 Å². The summed E-state index contributed by atoms with van der Waals surface area (Å²) in [6.07, 6.45) is 20.2. The molecular formula is C64H100BBrN4O12. The van der Waals surface area contributed by atoms with Gasteiger partial charge in [0.2, 0.25) is 0 Å². The molecule has 0 spiro atoms. The first-order chi connectivity index (χ1) is 38.0. The predicted octanol–water partition coefficient (Wildman–Crippen LogP) is 15.0. The lowest BCUT2D eigenvalue weighted by Crippen LogP contribution is -2.41. The third-order valence-electron chi connectivity index (χ3n) is 14.8. The zero-order valence-corrected chi connectivity index (χ0v) is 51.4. The van der Waals surface area contributed by atoms with Gasteiger partial charge in [-0.3, -0.25) is 9.59 Å². The van der Waals surface area contributed by atoms with Gasteiger partial charge >= 0.3 is 19.1 Å². The number of unbranched alkanes of at least 4 members (excludes halogenated alkanes) is 8. The number of rotatable bonds is 26. The fraction of sp³-hybridized carbons (Fsp3) is 0.656. The molecule has 0 radical (unpaired) electrons. The molecule has 2 aromatic heterocycles. The van der Waals surface area contributed by atoms with Crippen LogP contribution >= 0.6 is 15.9 Å². The van der Waals surface area contributed by atoms with E-state index in [4.69, 9.17) is 43.0 Å². The van der Waals surface area contributed by atoms with Crippen molar-refractivity contribution in [3.63, 3.8) is 0 Å². The molecule has 0 bridgehead atoms. The van der Waals surface area contributed by atoms with Crippen LogP contribution in [0.5, 0.6) is 0 Å². The molecule has 5 heterocycles. The normalized spacial score (nSPS) is 21.0. The fourth-order valence-electron chi connectivity index (χ4n) is 9.71. The number of methoxy groups -OCH3 is 2. The molecule has 82 heavy (non-hydrogen) atoms. The van der Waals surface area contributed by atoms with Gasteiger partial charge in [-0.2, -0.15) is 0 Å². The maximum absolute atomic E-state index is 11.5. The minimum absolute atomic E-state index is 0. The van der Waals surface area contributed by atoms with E-state index in [-0.39, 0.29) is 62.4 Å². The highest BCUT2D eigenvalue weighted by atomic mass is 79.9. The number of carbonyl (C=O) groups excluding carboxylic acids is 2. The smallest absolute Gasteiger partial charge is 0.469 e.